The van der Waals surface area contributed by atoms with Crippen LogP contribution in [0.3, 0.4) is 0 Å². The molecule has 0 aromatic heterocycles. The molecular formula is C14H25O4SSn. The topological polar surface area (TPSA) is 52.6 Å². The Kier molecular flexibility index (Phi) is 12.9. The molecule has 2 unspecified atom stereocenters. The van der Waals surface area contributed by atoms with Gasteiger partial charge in [-0.2, -0.15) is 12.6 Å². The monoisotopic (exact) mass is 409 g/mol. The first-order chi connectivity index (χ1) is 9.54. The van der Waals surface area contributed by atoms with E-state index in [9.17, 15) is 9.59 Å². The minimum atomic E-state index is -0.693. The molecule has 2 atom stereocenters. The van der Waals surface area contributed by atoms with Gasteiger partial charge in [0.15, 0.2) is 0 Å². The fourth-order valence-corrected chi connectivity index (χ4v) is 2.73. The van der Waals surface area contributed by atoms with Gasteiger partial charge in [-0.3, -0.25) is 9.59 Å². The molecule has 1 saturated heterocycles. The van der Waals surface area contributed by atoms with Crippen LogP contribution in [0.1, 0.15) is 52.4 Å². The van der Waals surface area contributed by atoms with Crippen molar-refractivity contribution < 1.29 is 19.1 Å². The molecule has 3 radical (unpaired) electrons. The zero-order valence-electron chi connectivity index (χ0n) is 12.4. The van der Waals surface area contributed by atoms with Gasteiger partial charge in [0, 0.05) is 0 Å². The maximum atomic E-state index is 11.4. The Labute approximate surface area is 140 Å². The molecule has 0 aromatic rings. The van der Waals surface area contributed by atoms with E-state index in [0.717, 1.165) is 19.3 Å². The van der Waals surface area contributed by atoms with E-state index in [-0.39, 0.29) is 25.1 Å². The average Bonchev–Trinajstić information content (AvgIpc) is 2.42. The second kappa shape index (κ2) is 12.8. The second-order valence-electron chi connectivity index (χ2n) is 4.71. The van der Waals surface area contributed by atoms with E-state index in [1.54, 1.807) is 22.5 Å². The van der Waals surface area contributed by atoms with Gasteiger partial charge in [-0.1, -0.05) is 13.3 Å². The third-order valence-electron chi connectivity index (χ3n) is 2.76. The Morgan fingerprint density at radius 3 is 2.40 bits per heavy atom. The Morgan fingerprint density at radius 2 is 1.90 bits per heavy atom. The third-order valence-corrected chi connectivity index (χ3v) is 4.16. The molecule has 0 amide bonds. The molecule has 1 rings (SSSR count). The number of ether oxygens (including phenoxy) is 2. The van der Waals surface area contributed by atoms with E-state index >= 15 is 0 Å². The van der Waals surface area contributed by atoms with Crippen LogP contribution in [0.5, 0.6) is 0 Å². The van der Waals surface area contributed by atoms with Crippen LogP contribution in [0.15, 0.2) is 0 Å². The van der Waals surface area contributed by atoms with Gasteiger partial charge in [0.2, 0.25) is 0 Å². The number of hydrogen-bond donors (Lipinski definition) is 1. The summed E-state index contributed by atoms with van der Waals surface area (Å²) in [5.41, 5.74) is 0. The molecule has 0 aromatic carbocycles. The number of thiol groups is 1. The van der Waals surface area contributed by atoms with Crippen molar-refractivity contribution in [2.24, 2.45) is 0 Å². The Bertz CT molecular complexity index is 284. The fourth-order valence-electron chi connectivity index (χ4n) is 1.51. The zero-order chi connectivity index (χ0) is 15.4. The van der Waals surface area contributed by atoms with E-state index in [1.165, 1.54) is 17.3 Å². The SMILES string of the molecule is CCCCC1COC(=O)CC(S)C(=O)O1.CCC[CH2][Sn]. The van der Waals surface area contributed by atoms with E-state index in [4.69, 9.17) is 9.47 Å². The third kappa shape index (κ3) is 9.91. The summed E-state index contributed by atoms with van der Waals surface area (Å²) in [7, 11) is 0. The molecular weight excluding hydrogens is 383 g/mol. The Morgan fingerprint density at radius 1 is 1.25 bits per heavy atom. The molecule has 0 aliphatic carbocycles. The molecule has 115 valence electrons. The predicted molar refractivity (Wildman–Crippen MR) is 83.2 cm³/mol. The Balaban J connectivity index is 0.000000621. The van der Waals surface area contributed by atoms with Crippen LogP contribution in [-0.2, 0) is 19.1 Å². The summed E-state index contributed by atoms with van der Waals surface area (Å²) in [5.74, 6) is -0.802. The summed E-state index contributed by atoms with van der Waals surface area (Å²) < 4.78 is 11.5. The van der Waals surface area contributed by atoms with Crippen LogP contribution >= 0.6 is 12.6 Å². The van der Waals surface area contributed by atoms with Crippen molar-refractivity contribution in [2.45, 2.75) is 68.2 Å². The summed E-state index contributed by atoms with van der Waals surface area (Å²) in [6, 6.07) is 0. The number of rotatable bonds is 5. The molecule has 1 heterocycles. The number of esters is 2. The van der Waals surface area contributed by atoms with Crippen LogP contribution in [0, 0.1) is 0 Å². The van der Waals surface area contributed by atoms with Crippen LogP contribution in [0.25, 0.3) is 0 Å². The first kappa shape index (κ1) is 20.1. The Hall–Kier alpha value is 0.0887. The van der Waals surface area contributed by atoms with E-state index < -0.39 is 11.2 Å². The molecule has 0 spiro atoms. The van der Waals surface area contributed by atoms with E-state index in [0.29, 0.717) is 0 Å². The van der Waals surface area contributed by atoms with Crippen LogP contribution in [0.4, 0.5) is 0 Å². The number of carbonyl (C=O) groups excluding carboxylic acids is 2. The average molecular weight is 408 g/mol. The van der Waals surface area contributed by atoms with Gasteiger partial charge < -0.3 is 9.47 Å². The van der Waals surface area contributed by atoms with Crippen molar-refractivity contribution in [3.63, 3.8) is 0 Å². The maximum absolute atomic E-state index is 11.4. The zero-order valence-corrected chi connectivity index (χ0v) is 16.1. The number of carbonyl (C=O) groups is 2. The quantitative estimate of drug-likeness (QED) is 0.432. The molecule has 4 nitrogen and oxygen atoms in total. The molecule has 0 bridgehead atoms. The van der Waals surface area contributed by atoms with Crippen molar-refractivity contribution in [3.8, 4) is 0 Å². The van der Waals surface area contributed by atoms with Crippen LogP contribution in [-0.4, -0.2) is 52.4 Å². The summed E-state index contributed by atoms with van der Waals surface area (Å²) in [6.07, 6.45) is 5.18. The summed E-state index contributed by atoms with van der Waals surface area (Å²) in [5, 5.41) is -0.693. The normalized spacial score (nSPS) is 22.8. The molecule has 6 heteroatoms. The molecule has 20 heavy (non-hydrogen) atoms. The van der Waals surface area contributed by atoms with Gasteiger partial charge in [-0.25, -0.2) is 0 Å². The van der Waals surface area contributed by atoms with Gasteiger partial charge in [0.1, 0.15) is 18.0 Å². The van der Waals surface area contributed by atoms with E-state index in [1.807, 2.05) is 0 Å². The molecule has 0 N–H and O–H groups in total. The van der Waals surface area contributed by atoms with Gasteiger partial charge in [0.05, 0.1) is 6.42 Å². The summed E-state index contributed by atoms with van der Waals surface area (Å²) in [4.78, 5) is 22.5. The predicted octanol–water partition coefficient (Wildman–Crippen LogP) is 2.71. The van der Waals surface area contributed by atoms with Gasteiger partial charge in [-0.05, 0) is 12.8 Å². The number of unbranched alkanes of at least 4 members (excludes halogenated alkanes) is 2. The summed E-state index contributed by atoms with van der Waals surface area (Å²) in [6.45, 7) is 4.45. The van der Waals surface area contributed by atoms with Gasteiger partial charge in [0.25, 0.3) is 0 Å². The van der Waals surface area contributed by atoms with Crippen molar-refractivity contribution in [1.82, 2.24) is 0 Å². The standard InChI is InChI=1S/C10H16O4S.C4H9.Sn/c1-2-3-4-7-6-13-9(11)5-8(15)10(12)14-7;1-3-4-2;/h7-8,15H,2-6H2,1H3;1,3-4H2,2H3;. The number of hydrogen-bond acceptors (Lipinski definition) is 5. The molecule has 0 saturated carbocycles. The fraction of sp³-hybridized carbons (Fsp3) is 0.857. The van der Waals surface area contributed by atoms with Crippen LogP contribution < -0.4 is 0 Å². The second-order valence-corrected chi connectivity index (χ2v) is 6.76. The van der Waals surface area contributed by atoms with Crippen molar-refractivity contribution >= 4 is 47.1 Å². The first-order valence-corrected chi connectivity index (χ1v) is 9.77. The summed E-state index contributed by atoms with van der Waals surface area (Å²) >= 11 is 5.67. The number of cyclic esters (lactones) is 2. The van der Waals surface area contributed by atoms with Gasteiger partial charge >= 0.3 is 58.7 Å². The minimum absolute atomic E-state index is 0.0115. The van der Waals surface area contributed by atoms with E-state index in [2.05, 4.69) is 26.5 Å². The molecule has 1 fully saturated rings. The van der Waals surface area contributed by atoms with Gasteiger partial charge in [-0.15, -0.1) is 0 Å². The van der Waals surface area contributed by atoms with Crippen molar-refractivity contribution in [1.29, 1.82) is 0 Å². The first-order valence-electron chi connectivity index (χ1n) is 7.23. The molecule has 1 aliphatic heterocycles. The molecule has 1 aliphatic rings. The van der Waals surface area contributed by atoms with Crippen LogP contribution in [0.2, 0.25) is 4.44 Å². The van der Waals surface area contributed by atoms with Crippen molar-refractivity contribution in [2.75, 3.05) is 6.61 Å². The van der Waals surface area contributed by atoms with Crippen molar-refractivity contribution in [3.05, 3.63) is 0 Å².